The highest BCUT2D eigenvalue weighted by molar-refractivity contribution is 5.05. The van der Waals surface area contributed by atoms with Gasteiger partial charge in [0.1, 0.15) is 0 Å². The molecule has 0 aromatic carbocycles. The molecule has 0 radical (unpaired) electrons. The SMILES string of the molecule is CCN1CC2(CC(C)CCN2C)C1. The first kappa shape index (κ1) is 9.47. The number of likely N-dealkylation sites (N-methyl/N-ethyl adjacent to an activating group) is 2. The van der Waals surface area contributed by atoms with Crippen molar-refractivity contribution in [2.24, 2.45) is 5.92 Å². The average molecular weight is 182 g/mol. The van der Waals surface area contributed by atoms with E-state index in [9.17, 15) is 0 Å². The van der Waals surface area contributed by atoms with Gasteiger partial charge in [-0.1, -0.05) is 13.8 Å². The van der Waals surface area contributed by atoms with Gasteiger partial charge in [0.15, 0.2) is 0 Å². The lowest BCUT2D eigenvalue weighted by Gasteiger charge is -2.58. The molecule has 76 valence electrons. The van der Waals surface area contributed by atoms with Gasteiger partial charge in [-0.3, -0.25) is 9.80 Å². The van der Waals surface area contributed by atoms with Crippen LogP contribution in [0, 0.1) is 5.92 Å². The molecule has 0 bridgehead atoms. The van der Waals surface area contributed by atoms with Crippen LogP contribution in [0.25, 0.3) is 0 Å². The summed E-state index contributed by atoms with van der Waals surface area (Å²) in [5, 5.41) is 0. The minimum atomic E-state index is 0.563. The van der Waals surface area contributed by atoms with Gasteiger partial charge in [0.2, 0.25) is 0 Å². The summed E-state index contributed by atoms with van der Waals surface area (Å²) in [7, 11) is 2.30. The minimum absolute atomic E-state index is 0.563. The van der Waals surface area contributed by atoms with E-state index in [1.54, 1.807) is 0 Å². The second-order valence-electron chi connectivity index (χ2n) is 5.05. The molecular weight excluding hydrogens is 160 g/mol. The lowest BCUT2D eigenvalue weighted by Crippen LogP contribution is -2.71. The van der Waals surface area contributed by atoms with Crippen molar-refractivity contribution in [1.29, 1.82) is 0 Å². The minimum Gasteiger partial charge on any atom is -0.300 e. The van der Waals surface area contributed by atoms with Gasteiger partial charge >= 0.3 is 0 Å². The lowest BCUT2D eigenvalue weighted by atomic mass is 9.76. The summed E-state index contributed by atoms with van der Waals surface area (Å²) < 4.78 is 0. The Morgan fingerprint density at radius 3 is 2.69 bits per heavy atom. The Labute approximate surface area is 81.9 Å². The smallest absolute Gasteiger partial charge is 0.0462 e. The molecule has 2 fully saturated rings. The number of rotatable bonds is 1. The van der Waals surface area contributed by atoms with Crippen LogP contribution in [-0.2, 0) is 0 Å². The van der Waals surface area contributed by atoms with Crippen molar-refractivity contribution in [1.82, 2.24) is 9.80 Å². The second kappa shape index (κ2) is 3.25. The molecular formula is C11H22N2. The van der Waals surface area contributed by atoms with Gasteiger partial charge in [0, 0.05) is 18.6 Å². The third kappa shape index (κ3) is 1.50. The normalized spacial score (nSPS) is 34.8. The molecule has 0 amide bonds. The zero-order valence-corrected chi connectivity index (χ0v) is 9.21. The zero-order valence-electron chi connectivity index (χ0n) is 9.21. The van der Waals surface area contributed by atoms with E-state index in [-0.39, 0.29) is 0 Å². The molecule has 2 heteroatoms. The third-order valence-corrected chi connectivity index (χ3v) is 3.98. The molecule has 1 atom stereocenters. The van der Waals surface area contributed by atoms with E-state index in [0.29, 0.717) is 5.54 Å². The predicted octanol–water partition coefficient (Wildman–Crippen LogP) is 1.42. The number of piperidine rings is 1. The molecule has 2 rings (SSSR count). The molecule has 0 saturated carbocycles. The molecule has 0 aliphatic carbocycles. The molecule has 2 nitrogen and oxygen atoms in total. The van der Waals surface area contributed by atoms with Gasteiger partial charge in [0.25, 0.3) is 0 Å². The van der Waals surface area contributed by atoms with Crippen LogP contribution in [0.1, 0.15) is 26.7 Å². The largest absolute Gasteiger partial charge is 0.300 e. The van der Waals surface area contributed by atoms with Crippen LogP contribution in [0.2, 0.25) is 0 Å². The third-order valence-electron chi connectivity index (χ3n) is 3.98. The van der Waals surface area contributed by atoms with Crippen molar-refractivity contribution in [3.05, 3.63) is 0 Å². The molecule has 0 aromatic rings. The summed E-state index contributed by atoms with van der Waals surface area (Å²) in [5.41, 5.74) is 0.563. The van der Waals surface area contributed by atoms with Gasteiger partial charge < -0.3 is 0 Å². The monoisotopic (exact) mass is 182 g/mol. The quantitative estimate of drug-likeness (QED) is 0.605. The van der Waals surface area contributed by atoms with Crippen molar-refractivity contribution < 1.29 is 0 Å². The Kier molecular flexibility index (Phi) is 2.37. The fraction of sp³-hybridized carbons (Fsp3) is 1.00. The Balaban J connectivity index is 1.97. The van der Waals surface area contributed by atoms with Crippen LogP contribution in [0.15, 0.2) is 0 Å². The van der Waals surface area contributed by atoms with Crippen molar-refractivity contribution in [2.75, 3.05) is 33.2 Å². The highest BCUT2D eigenvalue weighted by Gasteiger charge is 2.47. The van der Waals surface area contributed by atoms with E-state index in [1.165, 1.54) is 39.0 Å². The molecule has 0 N–H and O–H groups in total. The summed E-state index contributed by atoms with van der Waals surface area (Å²) >= 11 is 0. The first-order valence-corrected chi connectivity index (χ1v) is 5.60. The van der Waals surface area contributed by atoms with E-state index in [4.69, 9.17) is 0 Å². The number of likely N-dealkylation sites (tertiary alicyclic amines) is 2. The van der Waals surface area contributed by atoms with Crippen LogP contribution in [0.4, 0.5) is 0 Å². The number of hydrogen-bond acceptors (Lipinski definition) is 2. The summed E-state index contributed by atoms with van der Waals surface area (Å²) in [6, 6.07) is 0. The van der Waals surface area contributed by atoms with Crippen molar-refractivity contribution in [2.45, 2.75) is 32.2 Å². The van der Waals surface area contributed by atoms with Gasteiger partial charge in [-0.2, -0.15) is 0 Å². The maximum atomic E-state index is 2.60. The molecule has 13 heavy (non-hydrogen) atoms. The Hall–Kier alpha value is -0.0800. The van der Waals surface area contributed by atoms with Crippen LogP contribution in [0.3, 0.4) is 0 Å². The zero-order chi connectivity index (χ0) is 9.47. The molecule has 2 aliphatic heterocycles. The fourth-order valence-corrected chi connectivity index (χ4v) is 2.94. The maximum Gasteiger partial charge on any atom is 0.0462 e. The summed E-state index contributed by atoms with van der Waals surface area (Å²) in [6.07, 6.45) is 2.81. The molecule has 1 unspecified atom stereocenters. The lowest BCUT2D eigenvalue weighted by molar-refractivity contribution is -0.0747. The highest BCUT2D eigenvalue weighted by Crippen LogP contribution is 2.37. The molecule has 0 aromatic heterocycles. The van der Waals surface area contributed by atoms with Crippen molar-refractivity contribution in [3.8, 4) is 0 Å². The van der Waals surface area contributed by atoms with Crippen LogP contribution in [0.5, 0.6) is 0 Å². The molecule has 1 spiro atoms. The average Bonchev–Trinajstić information content (AvgIpc) is 2.05. The van der Waals surface area contributed by atoms with E-state index < -0.39 is 0 Å². The van der Waals surface area contributed by atoms with Crippen LogP contribution in [-0.4, -0.2) is 48.6 Å². The molecule has 2 aliphatic rings. The second-order valence-corrected chi connectivity index (χ2v) is 5.05. The van der Waals surface area contributed by atoms with E-state index in [1.807, 2.05) is 0 Å². The Morgan fingerprint density at radius 1 is 1.38 bits per heavy atom. The standard InChI is InChI=1S/C11H22N2/c1-4-13-8-11(9-13)7-10(2)5-6-12(11)3/h10H,4-9H2,1-3H3. The Bertz CT molecular complexity index is 185. The molecule has 2 heterocycles. The van der Waals surface area contributed by atoms with Crippen molar-refractivity contribution in [3.63, 3.8) is 0 Å². The van der Waals surface area contributed by atoms with Crippen molar-refractivity contribution >= 4 is 0 Å². The number of hydrogen-bond donors (Lipinski definition) is 0. The van der Waals surface area contributed by atoms with E-state index in [2.05, 4.69) is 30.7 Å². The summed E-state index contributed by atoms with van der Waals surface area (Å²) in [4.78, 5) is 5.15. The van der Waals surface area contributed by atoms with Gasteiger partial charge in [-0.05, 0) is 38.9 Å². The number of nitrogens with zero attached hydrogens (tertiary/aromatic N) is 2. The van der Waals surface area contributed by atoms with E-state index in [0.717, 1.165) is 5.92 Å². The fourth-order valence-electron chi connectivity index (χ4n) is 2.94. The van der Waals surface area contributed by atoms with Crippen LogP contribution < -0.4 is 0 Å². The summed E-state index contributed by atoms with van der Waals surface area (Å²) in [6.45, 7) is 9.82. The first-order chi connectivity index (χ1) is 6.16. The van der Waals surface area contributed by atoms with Gasteiger partial charge in [-0.15, -0.1) is 0 Å². The maximum absolute atomic E-state index is 2.60. The Morgan fingerprint density at radius 2 is 2.08 bits per heavy atom. The van der Waals surface area contributed by atoms with Gasteiger partial charge in [-0.25, -0.2) is 0 Å². The first-order valence-electron chi connectivity index (χ1n) is 5.60. The van der Waals surface area contributed by atoms with E-state index >= 15 is 0 Å². The predicted molar refractivity (Wildman–Crippen MR) is 55.9 cm³/mol. The summed E-state index contributed by atoms with van der Waals surface area (Å²) in [5.74, 6) is 0.940. The van der Waals surface area contributed by atoms with Crippen LogP contribution >= 0.6 is 0 Å². The molecule has 2 saturated heterocycles. The highest BCUT2D eigenvalue weighted by atomic mass is 15.3. The topological polar surface area (TPSA) is 6.48 Å². The van der Waals surface area contributed by atoms with Gasteiger partial charge in [0.05, 0.1) is 0 Å².